The minimum atomic E-state index is -2.07. The summed E-state index contributed by atoms with van der Waals surface area (Å²) in [4.78, 5) is 24.3. The maximum absolute atomic E-state index is 12.4. The minimum absolute atomic E-state index is 0.740. The number of carbonyl (C=O) groups excluding carboxylic acids is 2. The van der Waals surface area contributed by atoms with E-state index in [1.165, 1.54) is 6.92 Å². The Balaban J connectivity index is 1.55. The summed E-state index contributed by atoms with van der Waals surface area (Å²) in [5.74, 6) is -1.57. The van der Waals surface area contributed by atoms with Gasteiger partial charge < -0.3 is 125 Å². The molecule has 27 nitrogen and oxygen atoms in total. The quantitative estimate of drug-likeness (QED) is 0.0607. The number of hydrogen-bond donors (Lipinski definition) is 17. The maximum Gasteiger partial charge on any atom is 0.217 e. The molecule has 0 unspecified atom stereocenters. The zero-order valence-electron chi connectivity index (χ0n) is 33.2. The highest BCUT2D eigenvalue weighted by Crippen LogP contribution is 2.32. The summed E-state index contributed by atoms with van der Waals surface area (Å²) in [5, 5.41) is 162. The second-order valence-corrected chi connectivity index (χ2v) is 15.3. The lowest BCUT2D eigenvalue weighted by atomic mass is 9.94. The molecule has 0 aliphatic carbocycles. The first-order chi connectivity index (χ1) is 28.7. The van der Waals surface area contributed by atoms with E-state index in [1.54, 1.807) is 0 Å². The molecular weight excluding hydrogens is 836 g/mol. The molecule has 0 saturated carbocycles. The predicted octanol–water partition coefficient (Wildman–Crippen LogP) is -11.0. The van der Waals surface area contributed by atoms with Crippen LogP contribution >= 0.6 is 0 Å². The number of hydrogen-bond acceptors (Lipinski definition) is 25. The van der Waals surface area contributed by atoms with E-state index in [0.29, 0.717) is 0 Å². The molecule has 0 radical (unpaired) electrons. The monoisotopic (exact) mass is 896 g/mol. The Morgan fingerprint density at radius 3 is 1.69 bits per heavy atom. The third-order valence-electron chi connectivity index (χ3n) is 10.7. The van der Waals surface area contributed by atoms with E-state index in [-0.39, 0.29) is 0 Å². The Kier molecular flexibility index (Phi) is 19.3. The topological polar surface area (TPSA) is 435 Å². The molecule has 0 spiro atoms. The van der Waals surface area contributed by atoms with E-state index in [2.05, 4.69) is 10.6 Å². The smallest absolute Gasteiger partial charge is 0.217 e. The van der Waals surface area contributed by atoms with E-state index in [0.717, 1.165) is 13.8 Å². The summed E-state index contributed by atoms with van der Waals surface area (Å²) < 4.78 is 44.6. The number of rotatable bonds is 18. The average molecular weight is 897 g/mol. The highest BCUT2D eigenvalue weighted by atomic mass is 16.8. The average Bonchev–Trinajstić information content (AvgIpc) is 3.22. The Labute approximate surface area is 347 Å². The molecule has 61 heavy (non-hydrogen) atoms. The molecule has 4 heterocycles. The van der Waals surface area contributed by atoms with Crippen LogP contribution in [0.15, 0.2) is 0 Å². The lowest BCUT2D eigenvalue weighted by Crippen LogP contribution is -2.69. The fourth-order valence-electron chi connectivity index (χ4n) is 7.18. The first kappa shape index (κ1) is 51.7. The van der Waals surface area contributed by atoms with Gasteiger partial charge in [-0.3, -0.25) is 9.59 Å². The summed E-state index contributed by atoms with van der Waals surface area (Å²) in [6.07, 6.45) is -39.3. The Bertz CT molecular complexity index is 1370. The summed E-state index contributed by atoms with van der Waals surface area (Å²) in [6.45, 7) is -0.936. The van der Waals surface area contributed by atoms with Gasteiger partial charge >= 0.3 is 0 Å². The second kappa shape index (κ2) is 22.8. The first-order valence-corrected chi connectivity index (χ1v) is 19.4. The van der Waals surface area contributed by atoms with Crippen LogP contribution in [0.3, 0.4) is 0 Å². The number of amides is 2. The van der Waals surface area contributed by atoms with Gasteiger partial charge in [0.1, 0.15) is 110 Å². The van der Waals surface area contributed by atoms with Crippen molar-refractivity contribution < 1.29 is 124 Å². The van der Waals surface area contributed by atoms with E-state index in [1.807, 2.05) is 0 Å². The van der Waals surface area contributed by atoms with Crippen molar-refractivity contribution in [1.82, 2.24) is 10.6 Å². The standard InChI is InChI=1S/C34H60N2O25/c1-9-18(43)23(48)26(51)32(56-9)54-7-13(42)29(19(44)12(4-37)35-10(2)40)60-31-17(36-11(3)41)22(47)30(15(6-39)58-31)61-34-28(53)25(50)21(46)16(59-34)8-55-33-27(52)24(49)20(45)14(5-38)57-33/h9,12-34,37-39,42-53H,4-8H2,1-3H3,(H,35,40)(H,36,41)/t9-,12-,13+,14+,15+,16+,17+,18+,19+,20+,21+,22+,23+,24-,25-,26-,27-,28-,29+,30+,31-,32+,33-,34-/m0/s1. The largest absolute Gasteiger partial charge is 0.394 e. The number of nitrogens with one attached hydrogen (secondary N) is 2. The van der Waals surface area contributed by atoms with Crippen LogP contribution in [0.4, 0.5) is 0 Å². The number of aliphatic hydroxyl groups is 15. The van der Waals surface area contributed by atoms with Crippen LogP contribution in [0.25, 0.3) is 0 Å². The molecule has 4 aliphatic rings. The lowest BCUT2D eigenvalue weighted by molar-refractivity contribution is -0.361. The van der Waals surface area contributed by atoms with Crippen molar-refractivity contribution in [3.63, 3.8) is 0 Å². The fraction of sp³-hybridized carbons (Fsp3) is 0.941. The zero-order valence-corrected chi connectivity index (χ0v) is 33.2. The van der Waals surface area contributed by atoms with Crippen LogP contribution in [0, 0.1) is 0 Å². The van der Waals surface area contributed by atoms with Crippen molar-refractivity contribution in [3.8, 4) is 0 Å². The van der Waals surface area contributed by atoms with Crippen LogP contribution in [0.1, 0.15) is 20.8 Å². The molecule has 0 aromatic rings. The van der Waals surface area contributed by atoms with Crippen molar-refractivity contribution in [3.05, 3.63) is 0 Å². The molecule has 0 bridgehead atoms. The van der Waals surface area contributed by atoms with Crippen LogP contribution in [-0.4, -0.2) is 269 Å². The van der Waals surface area contributed by atoms with E-state index < -0.39 is 192 Å². The van der Waals surface area contributed by atoms with Crippen LogP contribution in [-0.2, 0) is 47.5 Å². The zero-order chi connectivity index (χ0) is 45.6. The molecule has 4 aliphatic heterocycles. The van der Waals surface area contributed by atoms with Crippen molar-refractivity contribution in [2.75, 3.05) is 33.0 Å². The highest BCUT2D eigenvalue weighted by molar-refractivity contribution is 5.73. The van der Waals surface area contributed by atoms with Gasteiger partial charge in [-0.15, -0.1) is 0 Å². The van der Waals surface area contributed by atoms with Gasteiger partial charge in [-0.05, 0) is 6.92 Å². The van der Waals surface area contributed by atoms with E-state index >= 15 is 0 Å². The van der Waals surface area contributed by atoms with Gasteiger partial charge in [0.25, 0.3) is 0 Å². The molecule has 24 atom stereocenters. The van der Waals surface area contributed by atoms with Gasteiger partial charge in [-0.2, -0.15) is 0 Å². The van der Waals surface area contributed by atoms with E-state index in [4.69, 9.17) is 37.9 Å². The Morgan fingerprint density at radius 1 is 0.607 bits per heavy atom. The van der Waals surface area contributed by atoms with Crippen molar-refractivity contribution in [2.45, 2.75) is 168 Å². The van der Waals surface area contributed by atoms with Gasteiger partial charge in [-0.1, -0.05) is 0 Å². The highest BCUT2D eigenvalue weighted by Gasteiger charge is 2.54. The van der Waals surface area contributed by atoms with Crippen molar-refractivity contribution in [2.24, 2.45) is 0 Å². The minimum Gasteiger partial charge on any atom is -0.394 e. The maximum atomic E-state index is 12.4. The number of ether oxygens (including phenoxy) is 8. The predicted molar refractivity (Wildman–Crippen MR) is 191 cm³/mol. The molecule has 0 aromatic carbocycles. The summed E-state index contributed by atoms with van der Waals surface area (Å²) in [6, 6.07) is -3.29. The fourth-order valence-corrected chi connectivity index (χ4v) is 7.18. The number of carbonyl (C=O) groups is 2. The normalized spacial score (nSPS) is 44.1. The molecule has 17 N–H and O–H groups in total. The summed E-state index contributed by atoms with van der Waals surface area (Å²) in [7, 11) is 0. The third kappa shape index (κ3) is 12.2. The molecule has 356 valence electrons. The van der Waals surface area contributed by atoms with Crippen LogP contribution in [0.5, 0.6) is 0 Å². The molecular formula is C34H60N2O25. The van der Waals surface area contributed by atoms with Gasteiger partial charge in [-0.25, -0.2) is 0 Å². The van der Waals surface area contributed by atoms with Crippen LogP contribution < -0.4 is 10.6 Å². The van der Waals surface area contributed by atoms with E-state index in [9.17, 15) is 86.2 Å². The summed E-state index contributed by atoms with van der Waals surface area (Å²) >= 11 is 0. The third-order valence-corrected chi connectivity index (χ3v) is 10.7. The van der Waals surface area contributed by atoms with Crippen molar-refractivity contribution >= 4 is 11.8 Å². The molecule has 27 heteroatoms. The van der Waals surface area contributed by atoms with Crippen molar-refractivity contribution in [1.29, 1.82) is 0 Å². The lowest BCUT2D eigenvalue weighted by Gasteiger charge is -2.48. The Hall–Kier alpha value is -1.98. The number of aliphatic hydroxyl groups excluding tert-OH is 15. The molecule has 2 amide bonds. The van der Waals surface area contributed by atoms with Gasteiger partial charge in [0.2, 0.25) is 11.8 Å². The Morgan fingerprint density at radius 2 is 1.13 bits per heavy atom. The molecule has 4 fully saturated rings. The molecule has 4 saturated heterocycles. The summed E-state index contributed by atoms with van der Waals surface area (Å²) in [5.41, 5.74) is 0. The molecule has 4 rings (SSSR count). The second-order valence-electron chi connectivity index (χ2n) is 15.3. The van der Waals surface area contributed by atoms with Crippen LogP contribution in [0.2, 0.25) is 0 Å². The van der Waals surface area contributed by atoms with Gasteiger partial charge in [0, 0.05) is 13.8 Å². The first-order valence-electron chi connectivity index (χ1n) is 19.4. The SMILES string of the molecule is CC(=O)N[C@H]1[C@H](O[C@@H]([C@H](O)[C@H](CO)NC(C)=O)[C@H](O)CO[C@@H]2O[C@@H](C)[C@@H](O)[C@@H](O)[C@@H]2O)O[C@H](CO)[C@@H](O[C@@H]2O[C@H](CO[C@H]3O[C@H](CO)[C@@H](O)[C@H](O)[C@@H]3O)[C@@H](O)[C@H](O)[C@@H]2O)[C@@H]1O. The molecule has 0 aromatic heterocycles. The van der Waals surface area contributed by atoms with Gasteiger partial charge in [0.05, 0.1) is 45.2 Å². The van der Waals surface area contributed by atoms with Gasteiger partial charge in [0.15, 0.2) is 25.2 Å².